The first kappa shape index (κ1) is 25.4. The number of pyridine rings is 1. The molecule has 0 radical (unpaired) electrons. The predicted octanol–water partition coefficient (Wildman–Crippen LogP) is 6.59. The van der Waals surface area contributed by atoms with Crippen molar-refractivity contribution in [1.29, 1.82) is 0 Å². The van der Waals surface area contributed by atoms with E-state index in [0.717, 1.165) is 41.3 Å². The lowest BCUT2D eigenvalue weighted by atomic mass is 9.96. The molecule has 5 rings (SSSR count). The Hall–Kier alpha value is -3.30. The molecule has 0 amide bonds. The molecule has 4 aromatic rings. The standard InChI is InChI=1S/C27H27ClFN5O2S/c1-2-17-12-18(13-20-16-31-27(33-25(17)20)32-21-8-4-3-5-9-21)19-14-23(29)26(30-15-19)34-37(35,36)24-11-7-6-10-22(24)28/h6-7,10-16,21H,2-5,8-9H2,1H3,(H,30,34)(H,31,32,33). The third-order valence-electron chi connectivity index (χ3n) is 6.61. The van der Waals surface area contributed by atoms with E-state index >= 15 is 0 Å². The van der Waals surface area contributed by atoms with Crippen LogP contribution in [-0.2, 0) is 16.4 Å². The normalized spacial score (nSPS) is 14.6. The number of rotatable bonds is 7. The highest BCUT2D eigenvalue weighted by Gasteiger charge is 2.21. The molecule has 7 nitrogen and oxygen atoms in total. The fourth-order valence-corrected chi connectivity index (χ4v) is 6.21. The molecule has 0 saturated heterocycles. The fourth-order valence-electron chi connectivity index (χ4n) is 4.67. The molecule has 1 aliphatic carbocycles. The summed E-state index contributed by atoms with van der Waals surface area (Å²) in [4.78, 5) is 13.2. The Morgan fingerprint density at radius 1 is 1.03 bits per heavy atom. The number of nitrogens with one attached hydrogen (secondary N) is 2. The lowest BCUT2D eigenvalue weighted by Crippen LogP contribution is -2.23. The third kappa shape index (κ3) is 5.52. The van der Waals surface area contributed by atoms with Crippen LogP contribution in [0.15, 0.2) is 59.8 Å². The molecule has 2 aromatic heterocycles. The lowest BCUT2D eigenvalue weighted by Gasteiger charge is -2.22. The van der Waals surface area contributed by atoms with Crippen LogP contribution in [0.25, 0.3) is 22.0 Å². The van der Waals surface area contributed by atoms with Crippen molar-refractivity contribution in [3.05, 3.63) is 71.3 Å². The highest BCUT2D eigenvalue weighted by atomic mass is 35.5. The van der Waals surface area contributed by atoms with Gasteiger partial charge in [-0.3, -0.25) is 4.72 Å². The van der Waals surface area contributed by atoms with Crippen LogP contribution < -0.4 is 10.0 Å². The van der Waals surface area contributed by atoms with Gasteiger partial charge in [0.1, 0.15) is 4.90 Å². The minimum Gasteiger partial charge on any atom is -0.351 e. The van der Waals surface area contributed by atoms with Gasteiger partial charge in [0, 0.05) is 29.4 Å². The summed E-state index contributed by atoms with van der Waals surface area (Å²) in [6.45, 7) is 2.04. The Balaban J connectivity index is 1.42. The van der Waals surface area contributed by atoms with Crippen molar-refractivity contribution in [1.82, 2.24) is 15.0 Å². The van der Waals surface area contributed by atoms with Gasteiger partial charge in [-0.05, 0) is 60.7 Å². The van der Waals surface area contributed by atoms with Gasteiger partial charge in [0.25, 0.3) is 10.0 Å². The first-order valence-corrected chi connectivity index (χ1v) is 14.2. The van der Waals surface area contributed by atoms with Gasteiger partial charge in [-0.15, -0.1) is 0 Å². The second kappa shape index (κ2) is 10.6. The first-order valence-electron chi connectivity index (χ1n) is 12.3. The van der Waals surface area contributed by atoms with Gasteiger partial charge in [-0.25, -0.2) is 27.8 Å². The summed E-state index contributed by atoms with van der Waals surface area (Å²) in [5, 5.41) is 4.35. The number of halogens is 2. The molecule has 0 spiro atoms. The van der Waals surface area contributed by atoms with E-state index in [4.69, 9.17) is 16.6 Å². The Kier molecular flexibility index (Phi) is 7.26. The molecule has 0 bridgehead atoms. The Morgan fingerprint density at radius 3 is 2.54 bits per heavy atom. The van der Waals surface area contributed by atoms with Gasteiger partial charge in [-0.1, -0.05) is 49.9 Å². The summed E-state index contributed by atoms with van der Waals surface area (Å²) in [6, 6.07) is 11.5. The van der Waals surface area contributed by atoms with E-state index in [1.165, 1.54) is 49.7 Å². The lowest BCUT2D eigenvalue weighted by molar-refractivity contribution is 0.461. The second-order valence-corrected chi connectivity index (χ2v) is 11.2. The van der Waals surface area contributed by atoms with Crippen molar-refractivity contribution in [3.8, 4) is 11.1 Å². The van der Waals surface area contributed by atoms with Gasteiger partial charge < -0.3 is 5.32 Å². The molecule has 10 heteroatoms. The number of fused-ring (bicyclic) bond motifs is 1. The highest BCUT2D eigenvalue weighted by Crippen LogP contribution is 2.30. The summed E-state index contributed by atoms with van der Waals surface area (Å²) in [5.74, 6) is -0.568. The summed E-state index contributed by atoms with van der Waals surface area (Å²) in [7, 11) is -4.11. The molecule has 2 heterocycles. The molecule has 0 atom stereocenters. The maximum atomic E-state index is 15.0. The number of benzene rings is 2. The van der Waals surface area contributed by atoms with Crippen LogP contribution in [0.3, 0.4) is 0 Å². The van der Waals surface area contributed by atoms with Crippen LogP contribution in [0.4, 0.5) is 16.2 Å². The molecule has 2 aromatic carbocycles. The Morgan fingerprint density at radius 2 is 1.81 bits per heavy atom. The SMILES string of the molecule is CCc1cc(-c2cnc(NS(=O)(=O)c3ccccc3Cl)c(F)c2)cc2cnc(NC3CCCCC3)nc12. The molecule has 2 N–H and O–H groups in total. The minimum atomic E-state index is -4.11. The van der Waals surface area contributed by atoms with Gasteiger partial charge in [-0.2, -0.15) is 0 Å². The van der Waals surface area contributed by atoms with E-state index in [0.29, 0.717) is 17.6 Å². The van der Waals surface area contributed by atoms with Crippen molar-refractivity contribution < 1.29 is 12.8 Å². The van der Waals surface area contributed by atoms with E-state index in [1.54, 1.807) is 12.3 Å². The van der Waals surface area contributed by atoms with Crippen molar-refractivity contribution in [2.75, 3.05) is 10.0 Å². The van der Waals surface area contributed by atoms with Crippen LogP contribution in [0.2, 0.25) is 5.02 Å². The maximum Gasteiger partial charge on any atom is 0.264 e. The molecule has 1 aliphatic rings. The zero-order valence-corrected chi connectivity index (χ0v) is 21.9. The quantitative estimate of drug-likeness (QED) is 0.275. The summed E-state index contributed by atoms with van der Waals surface area (Å²) in [6.07, 6.45) is 9.94. The summed E-state index contributed by atoms with van der Waals surface area (Å²) in [5.41, 5.74) is 3.12. The van der Waals surface area contributed by atoms with Crippen molar-refractivity contribution in [2.24, 2.45) is 0 Å². The zero-order valence-electron chi connectivity index (χ0n) is 20.3. The first-order chi connectivity index (χ1) is 17.8. The number of hydrogen-bond donors (Lipinski definition) is 2. The monoisotopic (exact) mass is 539 g/mol. The average molecular weight is 540 g/mol. The topological polar surface area (TPSA) is 96.9 Å². The molecule has 1 saturated carbocycles. The van der Waals surface area contributed by atoms with Gasteiger partial charge >= 0.3 is 0 Å². The highest BCUT2D eigenvalue weighted by molar-refractivity contribution is 7.92. The maximum absolute atomic E-state index is 15.0. The van der Waals surface area contributed by atoms with Gasteiger partial charge in [0.05, 0.1) is 10.5 Å². The van der Waals surface area contributed by atoms with E-state index in [1.807, 2.05) is 19.1 Å². The van der Waals surface area contributed by atoms with Gasteiger partial charge in [0.15, 0.2) is 11.6 Å². The molecule has 0 unspecified atom stereocenters. The Labute approximate surface area is 220 Å². The number of aryl methyl sites for hydroxylation is 1. The van der Waals surface area contributed by atoms with Crippen LogP contribution >= 0.6 is 11.6 Å². The summed E-state index contributed by atoms with van der Waals surface area (Å²) < 4.78 is 42.6. The third-order valence-corrected chi connectivity index (χ3v) is 8.45. The number of hydrogen-bond acceptors (Lipinski definition) is 6. The number of nitrogens with zero attached hydrogens (tertiary/aromatic N) is 3. The average Bonchev–Trinajstić information content (AvgIpc) is 2.90. The van der Waals surface area contributed by atoms with E-state index < -0.39 is 21.7 Å². The molecular formula is C27H27ClFN5O2S. The van der Waals surface area contributed by atoms with E-state index in [9.17, 15) is 12.8 Å². The van der Waals surface area contributed by atoms with Crippen LogP contribution in [-0.4, -0.2) is 29.4 Å². The minimum absolute atomic E-state index is 0.0367. The zero-order chi connectivity index (χ0) is 26.0. The van der Waals surface area contributed by atoms with Crippen molar-refractivity contribution in [3.63, 3.8) is 0 Å². The van der Waals surface area contributed by atoms with Crippen molar-refractivity contribution >= 4 is 44.3 Å². The number of anilines is 2. The van der Waals surface area contributed by atoms with Gasteiger partial charge in [0.2, 0.25) is 5.95 Å². The Bertz CT molecular complexity index is 1560. The van der Waals surface area contributed by atoms with Crippen LogP contribution in [0, 0.1) is 5.82 Å². The predicted molar refractivity (Wildman–Crippen MR) is 145 cm³/mol. The van der Waals surface area contributed by atoms with E-state index in [2.05, 4.69) is 20.0 Å². The molecule has 192 valence electrons. The molecule has 37 heavy (non-hydrogen) atoms. The number of aromatic nitrogens is 3. The largest absolute Gasteiger partial charge is 0.351 e. The van der Waals surface area contributed by atoms with Crippen LogP contribution in [0.1, 0.15) is 44.6 Å². The summed E-state index contributed by atoms with van der Waals surface area (Å²) >= 11 is 6.01. The molecular weight excluding hydrogens is 513 g/mol. The smallest absolute Gasteiger partial charge is 0.264 e. The van der Waals surface area contributed by atoms with Crippen molar-refractivity contribution in [2.45, 2.75) is 56.4 Å². The fraction of sp³-hybridized carbons (Fsp3) is 0.296. The second-order valence-electron chi connectivity index (χ2n) is 9.19. The van der Waals surface area contributed by atoms with Crippen LogP contribution in [0.5, 0.6) is 0 Å². The number of sulfonamides is 1. The molecule has 1 fully saturated rings. The molecule has 0 aliphatic heterocycles. The van der Waals surface area contributed by atoms with E-state index in [-0.39, 0.29) is 9.92 Å².